The van der Waals surface area contributed by atoms with Gasteiger partial charge in [0.15, 0.2) is 17.5 Å². The van der Waals surface area contributed by atoms with E-state index < -0.39 is 0 Å². The standard InChI is InChI=1S/C31H20BN3O/c32-24-18-21-14-7-8-15-22(21)27-26-23(16-9-17-25(26)36-28(24)27)31-34-29(19-10-3-1-4-11-19)33-30(35-31)20-12-5-2-6-13-20/h1-17,21H,18H2. The Hall–Kier alpha value is -4.51. The maximum Gasteiger partial charge on any atom is 0.164 e. The topological polar surface area (TPSA) is 51.8 Å². The first-order chi connectivity index (χ1) is 17.8. The van der Waals surface area contributed by atoms with Crippen LogP contribution in [0.25, 0.3) is 56.2 Å². The summed E-state index contributed by atoms with van der Waals surface area (Å²) in [5, 5.41) is 2.03. The van der Waals surface area contributed by atoms with Gasteiger partial charge in [-0.1, -0.05) is 103 Å². The molecule has 0 spiro atoms. The molecule has 2 aliphatic rings. The van der Waals surface area contributed by atoms with E-state index in [0.717, 1.165) is 50.2 Å². The Labute approximate surface area is 209 Å². The summed E-state index contributed by atoms with van der Waals surface area (Å²) in [5.74, 6) is 2.10. The van der Waals surface area contributed by atoms with Gasteiger partial charge in [0.25, 0.3) is 0 Å². The minimum atomic E-state index is 0.231. The van der Waals surface area contributed by atoms with E-state index in [9.17, 15) is 0 Å². The number of nitrogens with zero attached hydrogens (tertiary/aromatic N) is 3. The van der Waals surface area contributed by atoms with Gasteiger partial charge in [-0.15, -0.1) is 0 Å². The summed E-state index contributed by atoms with van der Waals surface area (Å²) in [6.07, 6.45) is 9.28. The van der Waals surface area contributed by atoms with Crippen LogP contribution in [0.15, 0.2) is 108 Å². The third-order valence-corrected chi connectivity index (χ3v) is 6.81. The molecule has 3 aromatic carbocycles. The Morgan fingerprint density at radius 2 is 1.39 bits per heavy atom. The van der Waals surface area contributed by atoms with E-state index in [-0.39, 0.29) is 5.92 Å². The van der Waals surface area contributed by atoms with Crippen molar-refractivity contribution in [2.75, 3.05) is 0 Å². The number of hydrogen-bond donors (Lipinski definition) is 0. The molecule has 2 aromatic heterocycles. The van der Waals surface area contributed by atoms with Gasteiger partial charge in [0.05, 0.1) is 0 Å². The molecule has 1 atom stereocenters. The lowest BCUT2D eigenvalue weighted by Gasteiger charge is -2.20. The molecule has 2 heterocycles. The van der Waals surface area contributed by atoms with Gasteiger partial charge >= 0.3 is 0 Å². The van der Waals surface area contributed by atoms with E-state index in [1.54, 1.807) is 0 Å². The Morgan fingerprint density at radius 1 is 0.722 bits per heavy atom. The lowest BCUT2D eigenvalue weighted by molar-refractivity contribution is 0.566. The Bertz CT molecular complexity index is 1760. The van der Waals surface area contributed by atoms with Gasteiger partial charge in [0.1, 0.15) is 18.8 Å². The molecule has 5 aromatic rings. The fourth-order valence-corrected chi connectivity index (χ4v) is 5.13. The van der Waals surface area contributed by atoms with E-state index in [2.05, 4.69) is 30.4 Å². The molecule has 5 heteroatoms. The van der Waals surface area contributed by atoms with Crippen molar-refractivity contribution in [1.82, 2.24) is 15.0 Å². The first-order valence-electron chi connectivity index (χ1n) is 12.0. The third kappa shape index (κ3) is 3.35. The quantitative estimate of drug-likeness (QED) is 0.347. The molecule has 0 saturated heterocycles. The van der Waals surface area contributed by atoms with E-state index in [1.807, 2.05) is 72.8 Å². The Balaban J connectivity index is 1.56. The molecule has 0 aliphatic heterocycles. The van der Waals surface area contributed by atoms with E-state index >= 15 is 0 Å². The van der Waals surface area contributed by atoms with Crippen LogP contribution in [-0.2, 0) is 0 Å². The Morgan fingerprint density at radius 3 is 2.08 bits per heavy atom. The molecule has 1 unspecified atom stereocenters. The number of allylic oxidation sites excluding steroid dienone is 4. The predicted molar refractivity (Wildman–Crippen MR) is 144 cm³/mol. The first kappa shape index (κ1) is 20.8. The average molecular weight is 461 g/mol. The predicted octanol–water partition coefficient (Wildman–Crippen LogP) is 5.19. The fourth-order valence-electron chi connectivity index (χ4n) is 5.13. The summed E-state index contributed by atoms with van der Waals surface area (Å²) < 4.78 is 6.33. The number of benzene rings is 3. The fraction of sp³-hybridized carbons (Fsp3) is 0.0645. The van der Waals surface area contributed by atoms with Crippen LogP contribution in [-0.4, -0.2) is 22.8 Å². The van der Waals surface area contributed by atoms with Crippen LogP contribution in [0.2, 0.25) is 0 Å². The van der Waals surface area contributed by atoms with Crippen LogP contribution in [0.4, 0.5) is 0 Å². The molecule has 2 radical (unpaired) electrons. The van der Waals surface area contributed by atoms with Gasteiger partial charge < -0.3 is 4.42 Å². The van der Waals surface area contributed by atoms with Gasteiger partial charge in [-0.05, 0) is 18.1 Å². The maximum atomic E-state index is 6.52. The minimum Gasteiger partial charge on any atom is -0.457 e. The summed E-state index contributed by atoms with van der Waals surface area (Å²) >= 11 is 0. The van der Waals surface area contributed by atoms with Crippen molar-refractivity contribution < 1.29 is 4.42 Å². The molecule has 0 amide bonds. The molecule has 4 nitrogen and oxygen atoms in total. The molecule has 0 saturated carbocycles. The van der Waals surface area contributed by atoms with Gasteiger partial charge in [-0.25, -0.2) is 15.0 Å². The van der Waals surface area contributed by atoms with E-state index in [0.29, 0.717) is 17.5 Å². The summed E-state index contributed by atoms with van der Waals surface area (Å²) in [6, 6.07) is 26.0. The molecular weight excluding hydrogens is 441 g/mol. The molecule has 36 heavy (non-hydrogen) atoms. The smallest absolute Gasteiger partial charge is 0.164 e. The van der Waals surface area contributed by atoms with Gasteiger partial charge in [0, 0.05) is 33.2 Å². The van der Waals surface area contributed by atoms with Crippen molar-refractivity contribution >= 4 is 29.9 Å². The SMILES string of the molecule is [B]C1=c2oc3cccc(-c4nc(-c5ccccc5)nc(-c5ccccc5)n4)c3c2=C2C=CC=CC2C1. The number of hydrogen-bond acceptors (Lipinski definition) is 4. The highest BCUT2D eigenvalue weighted by Gasteiger charge is 2.24. The van der Waals surface area contributed by atoms with Crippen molar-refractivity contribution in [3.8, 4) is 34.2 Å². The minimum absolute atomic E-state index is 0.231. The van der Waals surface area contributed by atoms with Crippen LogP contribution in [0.3, 0.4) is 0 Å². The second-order valence-electron chi connectivity index (χ2n) is 9.06. The average Bonchev–Trinajstić information content (AvgIpc) is 3.35. The van der Waals surface area contributed by atoms with Crippen LogP contribution in [0, 0.1) is 5.92 Å². The van der Waals surface area contributed by atoms with Gasteiger partial charge in [-0.2, -0.15) is 0 Å². The third-order valence-electron chi connectivity index (χ3n) is 6.81. The highest BCUT2D eigenvalue weighted by molar-refractivity contribution is 6.38. The van der Waals surface area contributed by atoms with Crippen LogP contribution in [0.1, 0.15) is 6.42 Å². The molecule has 2 aliphatic carbocycles. The van der Waals surface area contributed by atoms with Crippen molar-refractivity contribution in [3.63, 3.8) is 0 Å². The lowest BCUT2D eigenvalue weighted by Crippen LogP contribution is -2.33. The molecule has 0 bridgehead atoms. The second-order valence-corrected chi connectivity index (χ2v) is 9.06. The van der Waals surface area contributed by atoms with Crippen molar-refractivity contribution in [3.05, 3.63) is 114 Å². The van der Waals surface area contributed by atoms with Crippen LogP contribution in [0.5, 0.6) is 0 Å². The summed E-state index contributed by atoms with van der Waals surface area (Å²) in [6.45, 7) is 0. The number of fused-ring (bicyclic) bond motifs is 4. The second kappa shape index (κ2) is 8.31. The zero-order valence-corrected chi connectivity index (χ0v) is 19.4. The molecule has 168 valence electrons. The summed E-state index contributed by atoms with van der Waals surface area (Å²) in [4.78, 5) is 14.8. The summed E-state index contributed by atoms with van der Waals surface area (Å²) in [5.41, 5.74) is 6.29. The Kier molecular flexibility index (Phi) is 4.81. The van der Waals surface area contributed by atoms with E-state index in [4.69, 9.17) is 27.2 Å². The number of furan rings is 1. The molecule has 0 fully saturated rings. The number of rotatable bonds is 3. The van der Waals surface area contributed by atoms with Crippen LogP contribution >= 0.6 is 0 Å². The zero-order valence-electron chi connectivity index (χ0n) is 19.4. The molecular formula is C31H20BN3O. The van der Waals surface area contributed by atoms with Crippen molar-refractivity contribution in [2.24, 2.45) is 5.92 Å². The highest BCUT2D eigenvalue weighted by atomic mass is 16.3. The van der Waals surface area contributed by atoms with Crippen molar-refractivity contribution in [1.29, 1.82) is 0 Å². The largest absolute Gasteiger partial charge is 0.457 e. The number of aromatic nitrogens is 3. The van der Waals surface area contributed by atoms with E-state index in [1.165, 1.54) is 5.57 Å². The normalized spacial score (nSPS) is 16.3. The highest BCUT2D eigenvalue weighted by Crippen LogP contribution is 2.32. The van der Waals surface area contributed by atoms with Gasteiger partial charge in [-0.3, -0.25) is 0 Å². The molecule has 7 rings (SSSR count). The summed E-state index contributed by atoms with van der Waals surface area (Å²) in [7, 11) is 6.52. The maximum absolute atomic E-state index is 6.52. The van der Waals surface area contributed by atoms with Crippen LogP contribution < -0.4 is 10.6 Å². The first-order valence-corrected chi connectivity index (χ1v) is 12.0. The monoisotopic (exact) mass is 461 g/mol. The molecule has 0 N–H and O–H groups in total. The zero-order chi connectivity index (χ0) is 24.1. The lowest BCUT2D eigenvalue weighted by atomic mass is 9.77. The van der Waals surface area contributed by atoms with Gasteiger partial charge in [0.2, 0.25) is 0 Å². The van der Waals surface area contributed by atoms with Crippen molar-refractivity contribution in [2.45, 2.75) is 6.42 Å².